The predicted octanol–water partition coefficient (Wildman–Crippen LogP) is 0.743. The molecule has 1 aliphatic heterocycles. The van der Waals surface area contributed by atoms with Crippen LogP contribution in [0.25, 0.3) is 0 Å². The quantitative estimate of drug-likeness (QED) is 0.696. The van der Waals surface area contributed by atoms with Gasteiger partial charge in [0.05, 0.1) is 6.17 Å². The van der Waals surface area contributed by atoms with Crippen molar-refractivity contribution in [1.29, 1.82) is 0 Å². The maximum atomic E-state index is 11.7. The Morgan fingerprint density at radius 3 is 2.93 bits per heavy atom. The van der Waals surface area contributed by atoms with Gasteiger partial charge in [0.2, 0.25) is 0 Å². The molecule has 0 aromatic heterocycles. The van der Waals surface area contributed by atoms with Crippen molar-refractivity contribution < 1.29 is 4.79 Å². The van der Waals surface area contributed by atoms with E-state index in [1.807, 2.05) is 26.2 Å². The number of carbonyl (C=O) groups excluding carboxylic acids is 1. The number of hydrogen-bond donors (Lipinski definition) is 1. The van der Waals surface area contributed by atoms with E-state index in [9.17, 15) is 4.79 Å². The summed E-state index contributed by atoms with van der Waals surface area (Å²) >= 11 is 0. The fraction of sp³-hybridized carbons (Fsp3) is 0.545. The summed E-state index contributed by atoms with van der Waals surface area (Å²) < 4.78 is 0. The molecule has 4 heteroatoms. The van der Waals surface area contributed by atoms with Crippen molar-refractivity contribution in [2.24, 2.45) is 0 Å². The Morgan fingerprint density at radius 1 is 1.67 bits per heavy atom. The van der Waals surface area contributed by atoms with Crippen LogP contribution in [-0.2, 0) is 4.79 Å². The van der Waals surface area contributed by atoms with Gasteiger partial charge in [-0.15, -0.1) is 0 Å². The lowest BCUT2D eigenvalue weighted by Crippen LogP contribution is -2.54. The molecule has 0 aromatic rings. The summed E-state index contributed by atoms with van der Waals surface area (Å²) in [6.07, 6.45) is 6.11. The van der Waals surface area contributed by atoms with Gasteiger partial charge < -0.3 is 5.32 Å². The van der Waals surface area contributed by atoms with Crippen LogP contribution in [0.1, 0.15) is 13.3 Å². The standard InChI is InChI=1S/C11H19N3O/c1-4-8-14(11(15)5-2)10-6-7-12-9-13(10)3/h4-5,8,10,12H,2,6-7,9H2,1,3H3/b8-4-. The Kier molecular flexibility index (Phi) is 4.52. The van der Waals surface area contributed by atoms with Crippen LogP contribution in [0.3, 0.4) is 0 Å². The number of rotatable bonds is 3. The molecule has 1 saturated heterocycles. The zero-order valence-electron chi connectivity index (χ0n) is 9.44. The van der Waals surface area contributed by atoms with Gasteiger partial charge in [0, 0.05) is 12.9 Å². The second-order valence-corrected chi connectivity index (χ2v) is 3.62. The van der Waals surface area contributed by atoms with E-state index in [0.29, 0.717) is 0 Å². The van der Waals surface area contributed by atoms with Crippen LogP contribution in [0, 0.1) is 0 Å². The Hall–Kier alpha value is -1.13. The fourth-order valence-corrected chi connectivity index (χ4v) is 1.75. The maximum absolute atomic E-state index is 11.7. The molecule has 1 aliphatic rings. The summed E-state index contributed by atoms with van der Waals surface area (Å²) in [5, 5.41) is 3.26. The van der Waals surface area contributed by atoms with E-state index in [2.05, 4.69) is 16.8 Å². The predicted molar refractivity (Wildman–Crippen MR) is 60.9 cm³/mol. The second-order valence-electron chi connectivity index (χ2n) is 3.62. The van der Waals surface area contributed by atoms with Crippen LogP contribution >= 0.6 is 0 Å². The first-order chi connectivity index (χ1) is 7.20. The lowest BCUT2D eigenvalue weighted by molar-refractivity contribution is -0.129. The average molecular weight is 209 g/mol. The smallest absolute Gasteiger partial charge is 0.251 e. The summed E-state index contributed by atoms with van der Waals surface area (Å²) in [7, 11) is 2.00. The maximum Gasteiger partial charge on any atom is 0.251 e. The zero-order valence-corrected chi connectivity index (χ0v) is 9.44. The van der Waals surface area contributed by atoms with Gasteiger partial charge in [0.15, 0.2) is 0 Å². The Labute approximate surface area is 91.2 Å². The molecule has 1 amide bonds. The van der Waals surface area contributed by atoms with E-state index in [4.69, 9.17) is 0 Å². The molecule has 15 heavy (non-hydrogen) atoms. The van der Waals surface area contributed by atoms with Crippen molar-refractivity contribution in [3.05, 3.63) is 24.9 Å². The van der Waals surface area contributed by atoms with Gasteiger partial charge in [0.25, 0.3) is 5.91 Å². The van der Waals surface area contributed by atoms with E-state index in [0.717, 1.165) is 19.6 Å². The van der Waals surface area contributed by atoms with E-state index >= 15 is 0 Å². The van der Waals surface area contributed by atoms with Crippen LogP contribution in [0.5, 0.6) is 0 Å². The molecule has 0 aromatic carbocycles. The minimum absolute atomic E-state index is 0.0492. The normalized spacial score (nSPS) is 22.9. The third-order valence-corrected chi connectivity index (χ3v) is 2.51. The lowest BCUT2D eigenvalue weighted by Gasteiger charge is -2.38. The lowest BCUT2D eigenvalue weighted by atomic mass is 10.2. The van der Waals surface area contributed by atoms with Crippen LogP contribution in [0.2, 0.25) is 0 Å². The molecule has 1 fully saturated rings. The molecule has 0 radical (unpaired) electrons. The first-order valence-electron chi connectivity index (χ1n) is 5.19. The molecule has 1 atom stereocenters. The molecule has 1 rings (SSSR count). The number of nitrogens with zero attached hydrogens (tertiary/aromatic N) is 2. The number of carbonyl (C=O) groups is 1. The van der Waals surface area contributed by atoms with Crippen LogP contribution < -0.4 is 5.32 Å². The molecule has 0 bridgehead atoms. The number of nitrogens with one attached hydrogen (secondary N) is 1. The first-order valence-corrected chi connectivity index (χ1v) is 5.19. The molecule has 1 N–H and O–H groups in total. The summed E-state index contributed by atoms with van der Waals surface area (Å²) in [6.45, 7) is 7.18. The van der Waals surface area contributed by atoms with Gasteiger partial charge in [-0.1, -0.05) is 12.7 Å². The van der Waals surface area contributed by atoms with Crippen LogP contribution in [-0.4, -0.2) is 42.1 Å². The Bertz CT molecular complexity index is 263. The Balaban J connectivity index is 2.77. The van der Waals surface area contributed by atoms with E-state index in [1.54, 1.807) is 4.90 Å². The highest BCUT2D eigenvalue weighted by atomic mass is 16.2. The van der Waals surface area contributed by atoms with Gasteiger partial charge in [-0.05, 0) is 33.0 Å². The average Bonchev–Trinajstić information content (AvgIpc) is 2.26. The minimum atomic E-state index is -0.0492. The Morgan fingerprint density at radius 2 is 2.40 bits per heavy atom. The van der Waals surface area contributed by atoms with Crippen molar-refractivity contribution in [3.8, 4) is 0 Å². The van der Waals surface area contributed by atoms with Crippen molar-refractivity contribution in [3.63, 3.8) is 0 Å². The summed E-state index contributed by atoms with van der Waals surface area (Å²) in [5.74, 6) is -0.0492. The highest BCUT2D eigenvalue weighted by molar-refractivity contribution is 5.88. The third-order valence-electron chi connectivity index (χ3n) is 2.51. The summed E-state index contributed by atoms with van der Waals surface area (Å²) in [6, 6.07) is 0. The fourth-order valence-electron chi connectivity index (χ4n) is 1.75. The van der Waals surface area contributed by atoms with Crippen LogP contribution in [0.4, 0.5) is 0 Å². The van der Waals surface area contributed by atoms with Crippen molar-refractivity contribution >= 4 is 5.91 Å². The van der Waals surface area contributed by atoms with Crippen LogP contribution in [0.15, 0.2) is 24.9 Å². The van der Waals surface area contributed by atoms with Crippen molar-refractivity contribution in [2.45, 2.75) is 19.5 Å². The number of amides is 1. The van der Waals surface area contributed by atoms with Gasteiger partial charge in [-0.25, -0.2) is 0 Å². The van der Waals surface area contributed by atoms with Crippen molar-refractivity contribution in [1.82, 2.24) is 15.1 Å². The summed E-state index contributed by atoms with van der Waals surface area (Å²) in [4.78, 5) is 15.5. The molecule has 0 spiro atoms. The van der Waals surface area contributed by atoms with Crippen molar-refractivity contribution in [2.75, 3.05) is 20.3 Å². The largest absolute Gasteiger partial charge is 0.304 e. The summed E-state index contributed by atoms with van der Waals surface area (Å²) in [5.41, 5.74) is 0. The molecule has 84 valence electrons. The van der Waals surface area contributed by atoms with Gasteiger partial charge >= 0.3 is 0 Å². The third kappa shape index (κ3) is 2.91. The second kappa shape index (κ2) is 5.68. The molecule has 1 unspecified atom stereocenters. The number of allylic oxidation sites excluding steroid dienone is 1. The molecule has 0 aliphatic carbocycles. The minimum Gasteiger partial charge on any atom is -0.304 e. The molecule has 1 heterocycles. The number of hydrogen-bond acceptors (Lipinski definition) is 3. The molecule has 4 nitrogen and oxygen atoms in total. The van der Waals surface area contributed by atoms with E-state index in [-0.39, 0.29) is 12.1 Å². The van der Waals surface area contributed by atoms with E-state index < -0.39 is 0 Å². The SMILES string of the molecule is C=CC(=O)N(/C=C\C)C1CCNCN1C. The highest BCUT2D eigenvalue weighted by Gasteiger charge is 2.25. The first kappa shape index (κ1) is 11.9. The van der Waals surface area contributed by atoms with Gasteiger partial charge in [0.1, 0.15) is 0 Å². The zero-order chi connectivity index (χ0) is 11.3. The van der Waals surface area contributed by atoms with E-state index in [1.165, 1.54) is 6.08 Å². The molecule has 0 saturated carbocycles. The highest BCUT2D eigenvalue weighted by Crippen LogP contribution is 2.12. The van der Waals surface area contributed by atoms with Gasteiger partial charge in [-0.2, -0.15) is 0 Å². The van der Waals surface area contributed by atoms with Gasteiger partial charge in [-0.3, -0.25) is 14.6 Å². The molecular formula is C11H19N3O. The monoisotopic (exact) mass is 209 g/mol. The molecular weight excluding hydrogens is 190 g/mol. The topological polar surface area (TPSA) is 35.6 Å².